The Morgan fingerprint density at radius 3 is 2.76 bits per heavy atom. The van der Waals surface area contributed by atoms with Gasteiger partial charge in [-0.2, -0.15) is 0 Å². The molecule has 0 saturated heterocycles. The molecule has 0 radical (unpaired) electrons. The van der Waals surface area contributed by atoms with E-state index in [1.54, 1.807) is 6.07 Å². The molecule has 17 heavy (non-hydrogen) atoms. The van der Waals surface area contributed by atoms with E-state index in [9.17, 15) is 5.11 Å². The van der Waals surface area contributed by atoms with Gasteiger partial charge in [0.2, 0.25) is 0 Å². The van der Waals surface area contributed by atoms with Crippen LogP contribution in [-0.4, -0.2) is 5.11 Å². The molecule has 1 nitrogen and oxygen atoms in total. The summed E-state index contributed by atoms with van der Waals surface area (Å²) in [7, 11) is 0. The number of halogens is 2. The van der Waals surface area contributed by atoms with Crippen LogP contribution in [-0.2, 0) is 5.60 Å². The summed E-state index contributed by atoms with van der Waals surface area (Å²) in [5.41, 5.74) is 0.192. The van der Waals surface area contributed by atoms with Crippen LogP contribution in [0.5, 0.6) is 0 Å². The summed E-state index contributed by atoms with van der Waals surface area (Å²) in [6, 6.07) is 5.47. The molecule has 0 amide bonds. The Hall–Kier alpha value is -0.240. The lowest BCUT2D eigenvalue weighted by atomic mass is 9.73. The zero-order valence-corrected chi connectivity index (χ0v) is 11.6. The minimum absolute atomic E-state index is 0.524. The van der Waals surface area contributed by atoms with Gasteiger partial charge in [0.25, 0.3) is 0 Å². The van der Waals surface area contributed by atoms with Crippen LogP contribution in [0.3, 0.4) is 0 Å². The van der Waals surface area contributed by atoms with Crippen LogP contribution in [0.1, 0.15) is 44.6 Å². The van der Waals surface area contributed by atoms with E-state index in [1.165, 1.54) is 6.42 Å². The second-order valence-electron chi connectivity index (χ2n) is 5.03. The first-order valence-corrected chi connectivity index (χ1v) is 6.98. The molecule has 0 heterocycles. The van der Waals surface area contributed by atoms with Crippen molar-refractivity contribution in [1.82, 2.24) is 0 Å². The smallest absolute Gasteiger partial charge is 0.0899 e. The highest BCUT2D eigenvalue weighted by atomic mass is 35.5. The predicted molar refractivity (Wildman–Crippen MR) is 72.6 cm³/mol. The Morgan fingerprint density at radius 2 is 2.12 bits per heavy atom. The molecule has 1 fully saturated rings. The van der Waals surface area contributed by atoms with Gasteiger partial charge in [0.1, 0.15) is 0 Å². The Balaban J connectivity index is 2.27. The van der Waals surface area contributed by atoms with E-state index in [2.05, 4.69) is 6.92 Å². The number of hydrogen-bond acceptors (Lipinski definition) is 1. The summed E-state index contributed by atoms with van der Waals surface area (Å²) in [6.45, 7) is 2.19. The monoisotopic (exact) mass is 272 g/mol. The van der Waals surface area contributed by atoms with E-state index >= 15 is 0 Å². The number of hydrogen-bond donors (Lipinski definition) is 1. The van der Waals surface area contributed by atoms with Crippen molar-refractivity contribution in [2.24, 2.45) is 5.92 Å². The van der Waals surface area contributed by atoms with E-state index in [1.807, 2.05) is 12.1 Å². The first-order chi connectivity index (χ1) is 8.05. The summed E-state index contributed by atoms with van der Waals surface area (Å²) in [6.07, 6.45) is 5.09. The molecule has 0 aliphatic heterocycles. The van der Waals surface area contributed by atoms with E-state index in [4.69, 9.17) is 23.2 Å². The van der Waals surface area contributed by atoms with E-state index < -0.39 is 5.60 Å². The molecule has 1 aliphatic carbocycles. The molecule has 94 valence electrons. The topological polar surface area (TPSA) is 20.2 Å². The van der Waals surface area contributed by atoms with E-state index in [-0.39, 0.29) is 0 Å². The van der Waals surface area contributed by atoms with Crippen molar-refractivity contribution in [2.75, 3.05) is 0 Å². The third-order valence-corrected chi connectivity index (χ3v) is 4.60. The highest BCUT2D eigenvalue weighted by Gasteiger charge is 2.35. The van der Waals surface area contributed by atoms with E-state index in [0.717, 1.165) is 31.2 Å². The third kappa shape index (κ3) is 2.78. The predicted octanol–water partition coefficient (Wildman–Crippen LogP) is 4.78. The van der Waals surface area contributed by atoms with Crippen molar-refractivity contribution in [3.63, 3.8) is 0 Å². The molecule has 2 atom stereocenters. The van der Waals surface area contributed by atoms with Crippen LogP contribution >= 0.6 is 23.2 Å². The van der Waals surface area contributed by atoms with Gasteiger partial charge >= 0.3 is 0 Å². The second kappa shape index (κ2) is 5.17. The minimum Gasteiger partial charge on any atom is -0.385 e. The number of rotatable bonds is 2. The molecule has 3 heteroatoms. The average Bonchev–Trinajstić information content (AvgIpc) is 2.32. The lowest BCUT2D eigenvalue weighted by Gasteiger charge is -2.37. The van der Waals surface area contributed by atoms with Crippen LogP contribution in [0.15, 0.2) is 18.2 Å². The van der Waals surface area contributed by atoms with Crippen LogP contribution < -0.4 is 0 Å². The van der Waals surface area contributed by atoms with Gasteiger partial charge in [-0.05, 0) is 42.9 Å². The van der Waals surface area contributed by atoms with Gasteiger partial charge in [-0.25, -0.2) is 0 Å². The van der Waals surface area contributed by atoms with Crippen molar-refractivity contribution < 1.29 is 5.11 Å². The normalized spacial score (nSPS) is 29.3. The molecule has 0 aromatic heterocycles. The molecule has 1 saturated carbocycles. The van der Waals surface area contributed by atoms with Gasteiger partial charge in [0.15, 0.2) is 0 Å². The summed E-state index contributed by atoms with van der Waals surface area (Å²) in [5, 5.41) is 11.8. The van der Waals surface area contributed by atoms with Crippen LogP contribution in [0.25, 0.3) is 0 Å². The minimum atomic E-state index is -0.715. The first-order valence-electron chi connectivity index (χ1n) is 6.23. The molecule has 2 unspecified atom stereocenters. The quantitative estimate of drug-likeness (QED) is 0.822. The zero-order chi connectivity index (χ0) is 12.5. The lowest BCUT2D eigenvalue weighted by Crippen LogP contribution is -2.32. The van der Waals surface area contributed by atoms with E-state index in [0.29, 0.717) is 16.0 Å². The molecule has 0 bridgehead atoms. The largest absolute Gasteiger partial charge is 0.385 e. The standard InChI is InChI=1S/C14H18Cl2O/c1-2-10-4-3-7-14(17,9-10)11-5-6-12(15)13(16)8-11/h5-6,8,10,17H,2-4,7,9H2,1H3. The third-order valence-electron chi connectivity index (χ3n) is 3.86. The molecule has 0 spiro atoms. The van der Waals surface area contributed by atoms with Crippen molar-refractivity contribution >= 4 is 23.2 Å². The van der Waals surface area contributed by atoms with Crippen LogP contribution in [0.2, 0.25) is 10.0 Å². The van der Waals surface area contributed by atoms with Crippen LogP contribution in [0.4, 0.5) is 0 Å². The van der Waals surface area contributed by atoms with Gasteiger partial charge in [0.05, 0.1) is 15.6 Å². The molecule has 1 aliphatic rings. The highest BCUT2D eigenvalue weighted by Crippen LogP contribution is 2.42. The van der Waals surface area contributed by atoms with Crippen LogP contribution in [0, 0.1) is 5.92 Å². The Bertz CT molecular complexity index is 405. The fourth-order valence-electron chi connectivity index (χ4n) is 2.76. The second-order valence-corrected chi connectivity index (χ2v) is 5.85. The van der Waals surface area contributed by atoms with Gasteiger partial charge in [0, 0.05) is 0 Å². The number of aliphatic hydroxyl groups is 1. The van der Waals surface area contributed by atoms with Gasteiger partial charge in [-0.1, -0.05) is 49.0 Å². The maximum absolute atomic E-state index is 10.8. The maximum atomic E-state index is 10.8. The maximum Gasteiger partial charge on any atom is 0.0899 e. The van der Waals surface area contributed by atoms with Crippen molar-refractivity contribution in [1.29, 1.82) is 0 Å². The SMILES string of the molecule is CCC1CCCC(O)(c2ccc(Cl)c(Cl)c2)C1. The summed E-state index contributed by atoms with van der Waals surface area (Å²) >= 11 is 11.9. The number of benzene rings is 1. The molecule has 1 aromatic carbocycles. The average molecular weight is 273 g/mol. The van der Waals surface area contributed by atoms with Crippen molar-refractivity contribution in [3.8, 4) is 0 Å². The van der Waals surface area contributed by atoms with Gasteiger partial charge in [-0.15, -0.1) is 0 Å². The van der Waals surface area contributed by atoms with Crippen molar-refractivity contribution in [3.05, 3.63) is 33.8 Å². The van der Waals surface area contributed by atoms with Gasteiger partial charge < -0.3 is 5.11 Å². The molecule has 1 aromatic rings. The Kier molecular flexibility index (Phi) is 4.02. The van der Waals surface area contributed by atoms with Crippen molar-refractivity contribution in [2.45, 2.75) is 44.6 Å². The Morgan fingerprint density at radius 1 is 1.35 bits per heavy atom. The molecular formula is C14H18Cl2O. The summed E-state index contributed by atoms with van der Waals surface area (Å²) in [5.74, 6) is 0.614. The fraction of sp³-hybridized carbons (Fsp3) is 0.571. The van der Waals surface area contributed by atoms with Gasteiger partial charge in [-0.3, -0.25) is 0 Å². The first kappa shape index (κ1) is 13.2. The summed E-state index contributed by atoms with van der Waals surface area (Å²) < 4.78 is 0. The molecular weight excluding hydrogens is 255 g/mol. The highest BCUT2D eigenvalue weighted by molar-refractivity contribution is 6.42. The zero-order valence-electron chi connectivity index (χ0n) is 10.0. The Labute approximate surface area is 113 Å². The molecule has 1 N–H and O–H groups in total. The lowest BCUT2D eigenvalue weighted by molar-refractivity contribution is -0.0217. The molecule has 2 rings (SSSR count). The summed E-state index contributed by atoms with van der Waals surface area (Å²) in [4.78, 5) is 0. The fourth-order valence-corrected chi connectivity index (χ4v) is 3.06.